The highest BCUT2D eigenvalue weighted by atomic mass is 32.2. The van der Waals surface area contributed by atoms with Crippen LogP contribution in [0.3, 0.4) is 0 Å². The van der Waals surface area contributed by atoms with Crippen molar-refractivity contribution in [2.45, 2.75) is 37.7 Å². The summed E-state index contributed by atoms with van der Waals surface area (Å²) in [7, 11) is -3.64. The number of hydrogen-bond acceptors (Lipinski definition) is 5. The highest BCUT2D eigenvalue weighted by Crippen LogP contribution is 2.32. The first-order chi connectivity index (χ1) is 14.4. The van der Waals surface area contributed by atoms with E-state index in [9.17, 15) is 13.2 Å². The Balaban J connectivity index is 1.51. The summed E-state index contributed by atoms with van der Waals surface area (Å²) in [6.07, 6.45) is 1.61. The monoisotopic (exact) mass is 432 g/mol. The van der Waals surface area contributed by atoms with Crippen molar-refractivity contribution in [1.82, 2.24) is 5.32 Å². The van der Waals surface area contributed by atoms with Crippen molar-refractivity contribution in [2.24, 2.45) is 0 Å². The van der Waals surface area contributed by atoms with E-state index in [1.807, 2.05) is 38.1 Å². The molecule has 0 aliphatic carbocycles. The van der Waals surface area contributed by atoms with Gasteiger partial charge in [0.05, 0.1) is 16.7 Å². The van der Waals surface area contributed by atoms with Crippen molar-refractivity contribution in [3.63, 3.8) is 0 Å². The van der Waals surface area contributed by atoms with Gasteiger partial charge in [-0.1, -0.05) is 18.2 Å². The van der Waals surface area contributed by atoms with Gasteiger partial charge >= 0.3 is 0 Å². The first-order valence-corrected chi connectivity index (χ1v) is 11.5. The van der Waals surface area contributed by atoms with E-state index in [2.05, 4.69) is 5.32 Å². The maximum atomic E-state index is 13.0. The average Bonchev–Trinajstić information content (AvgIpc) is 3.17. The number of nitrogens with zero attached hydrogens (tertiary/aromatic N) is 1. The molecule has 3 rings (SSSR count). The Hall–Kier alpha value is -2.58. The van der Waals surface area contributed by atoms with E-state index in [1.165, 1.54) is 16.4 Å². The highest BCUT2D eigenvalue weighted by Gasteiger charge is 2.30. The number of carbonyl (C=O) groups excluding carboxylic acids is 1. The second-order valence-corrected chi connectivity index (χ2v) is 9.20. The molecule has 2 aromatic rings. The number of nitrogens with one attached hydrogen (secondary N) is 1. The van der Waals surface area contributed by atoms with Gasteiger partial charge < -0.3 is 14.8 Å². The number of ether oxygens (including phenoxy) is 2. The number of amides is 1. The third kappa shape index (κ3) is 5.52. The summed E-state index contributed by atoms with van der Waals surface area (Å²) < 4.78 is 38.3. The SMILES string of the molecule is CC(C)OCCCNC(=O)COc1ccc(S(=O)(=O)N2CCc3ccccc32)cc1. The van der Waals surface area contributed by atoms with Gasteiger partial charge in [-0.2, -0.15) is 0 Å². The molecule has 1 aliphatic heterocycles. The molecule has 0 saturated heterocycles. The lowest BCUT2D eigenvalue weighted by atomic mass is 10.2. The number of para-hydroxylation sites is 1. The Kier molecular flexibility index (Phi) is 7.33. The van der Waals surface area contributed by atoms with Crippen LogP contribution >= 0.6 is 0 Å². The Morgan fingerprint density at radius 2 is 1.87 bits per heavy atom. The molecular formula is C22H28N2O5S. The maximum absolute atomic E-state index is 13.0. The van der Waals surface area contributed by atoms with Crippen LogP contribution in [0.2, 0.25) is 0 Å². The first kappa shape index (κ1) is 22.1. The summed E-state index contributed by atoms with van der Waals surface area (Å²) >= 11 is 0. The average molecular weight is 433 g/mol. The van der Waals surface area contributed by atoms with Gasteiger partial charge in [0.1, 0.15) is 5.75 Å². The number of fused-ring (bicyclic) bond motifs is 1. The maximum Gasteiger partial charge on any atom is 0.264 e. The standard InChI is InChI=1S/C22H28N2O5S/c1-17(2)28-15-5-13-23-22(25)16-29-19-8-10-20(11-9-19)30(26,27)24-14-12-18-6-3-4-7-21(18)24/h3-4,6-11,17H,5,12-16H2,1-2H3,(H,23,25). The molecule has 1 amide bonds. The topological polar surface area (TPSA) is 84.9 Å². The summed E-state index contributed by atoms with van der Waals surface area (Å²) in [6, 6.07) is 13.7. The molecule has 0 bridgehead atoms. The van der Waals surface area contributed by atoms with Crippen LogP contribution < -0.4 is 14.4 Å². The zero-order chi connectivity index (χ0) is 21.6. The van der Waals surface area contributed by atoms with E-state index in [-0.39, 0.29) is 23.5 Å². The minimum atomic E-state index is -3.64. The van der Waals surface area contributed by atoms with Gasteiger partial charge in [-0.15, -0.1) is 0 Å². The summed E-state index contributed by atoms with van der Waals surface area (Å²) in [4.78, 5) is 12.0. The van der Waals surface area contributed by atoms with Crippen LogP contribution in [0.15, 0.2) is 53.4 Å². The Morgan fingerprint density at radius 3 is 2.60 bits per heavy atom. The molecule has 0 fully saturated rings. The Morgan fingerprint density at radius 1 is 1.13 bits per heavy atom. The van der Waals surface area contributed by atoms with Gasteiger partial charge in [-0.05, 0) is 62.6 Å². The molecule has 8 heteroatoms. The van der Waals surface area contributed by atoms with Crippen LogP contribution in [-0.4, -0.2) is 46.7 Å². The summed E-state index contributed by atoms with van der Waals surface area (Å²) in [5, 5.41) is 2.76. The van der Waals surface area contributed by atoms with Crippen LogP contribution in [0, 0.1) is 0 Å². The molecule has 2 aromatic carbocycles. The van der Waals surface area contributed by atoms with Gasteiger partial charge in [-0.3, -0.25) is 9.10 Å². The Labute approximate surface area is 178 Å². The van der Waals surface area contributed by atoms with Crippen molar-refractivity contribution < 1.29 is 22.7 Å². The minimum Gasteiger partial charge on any atom is -0.484 e. The van der Waals surface area contributed by atoms with Gasteiger partial charge in [0.25, 0.3) is 15.9 Å². The molecule has 1 aliphatic rings. The predicted octanol–water partition coefficient (Wildman–Crippen LogP) is 2.75. The van der Waals surface area contributed by atoms with E-state index in [4.69, 9.17) is 9.47 Å². The van der Waals surface area contributed by atoms with Crippen molar-refractivity contribution in [3.05, 3.63) is 54.1 Å². The van der Waals surface area contributed by atoms with Crippen LogP contribution in [0.5, 0.6) is 5.75 Å². The summed E-state index contributed by atoms with van der Waals surface area (Å²) in [5.74, 6) is 0.207. The van der Waals surface area contributed by atoms with Crippen molar-refractivity contribution >= 4 is 21.6 Å². The van der Waals surface area contributed by atoms with Crippen molar-refractivity contribution in [2.75, 3.05) is 30.6 Å². The molecule has 1 heterocycles. The number of anilines is 1. The number of sulfonamides is 1. The molecule has 30 heavy (non-hydrogen) atoms. The lowest BCUT2D eigenvalue weighted by Crippen LogP contribution is -2.30. The third-order valence-corrected chi connectivity index (χ3v) is 6.55. The van der Waals surface area contributed by atoms with Crippen molar-refractivity contribution in [3.8, 4) is 5.75 Å². The van der Waals surface area contributed by atoms with E-state index < -0.39 is 10.0 Å². The molecule has 0 atom stereocenters. The molecule has 0 aromatic heterocycles. The van der Waals surface area contributed by atoms with Crippen molar-refractivity contribution in [1.29, 1.82) is 0 Å². The lowest BCUT2D eigenvalue weighted by Gasteiger charge is -2.19. The van der Waals surface area contributed by atoms with Gasteiger partial charge in [0.2, 0.25) is 0 Å². The fraction of sp³-hybridized carbons (Fsp3) is 0.409. The Bertz CT molecular complexity index is 958. The number of carbonyl (C=O) groups is 1. The van der Waals surface area contributed by atoms with E-state index >= 15 is 0 Å². The van der Waals surface area contributed by atoms with Crippen LogP contribution in [0.4, 0.5) is 5.69 Å². The fourth-order valence-corrected chi connectivity index (χ4v) is 4.71. The predicted molar refractivity (Wildman–Crippen MR) is 115 cm³/mol. The normalized spacial score (nSPS) is 13.4. The second-order valence-electron chi connectivity index (χ2n) is 7.34. The largest absolute Gasteiger partial charge is 0.484 e. The quantitative estimate of drug-likeness (QED) is 0.584. The van der Waals surface area contributed by atoms with E-state index in [0.717, 1.165) is 17.7 Å². The smallest absolute Gasteiger partial charge is 0.264 e. The van der Waals surface area contributed by atoms with E-state index in [1.54, 1.807) is 12.1 Å². The van der Waals surface area contributed by atoms with Gasteiger partial charge in [-0.25, -0.2) is 8.42 Å². The zero-order valence-electron chi connectivity index (χ0n) is 17.3. The second kappa shape index (κ2) is 9.95. The molecule has 0 spiro atoms. The number of rotatable bonds is 10. The van der Waals surface area contributed by atoms with Crippen LogP contribution in [-0.2, 0) is 26.0 Å². The van der Waals surface area contributed by atoms with Gasteiger partial charge in [0.15, 0.2) is 6.61 Å². The first-order valence-electron chi connectivity index (χ1n) is 10.1. The van der Waals surface area contributed by atoms with E-state index in [0.29, 0.717) is 31.9 Å². The summed E-state index contributed by atoms with van der Waals surface area (Å²) in [5.41, 5.74) is 1.76. The number of benzene rings is 2. The van der Waals surface area contributed by atoms with Crippen LogP contribution in [0.1, 0.15) is 25.8 Å². The molecule has 0 saturated carbocycles. The number of hydrogen-bond donors (Lipinski definition) is 1. The minimum absolute atomic E-state index is 0.128. The molecule has 7 nitrogen and oxygen atoms in total. The molecule has 0 unspecified atom stereocenters. The molecule has 0 radical (unpaired) electrons. The van der Waals surface area contributed by atoms with Crippen LogP contribution in [0.25, 0.3) is 0 Å². The fourth-order valence-electron chi connectivity index (χ4n) is 3.21. The van der Waals surface area contributed by atoms with Gasteiger partial charge in [0, 0.05) is 19.7 Å². The third-order valence-electron chi connectivity index (χ3n) is 4.72. The molecular weight excluding hydrogens is 404 g/mol. The summed E-state index contributed by atoms with van der Waals surface area (Å²) in [6.45, 7) is 5.35. The highest BCUT2D eigenvalue weighted by molar-refractivity contribution is 7.92. The molecule has 1 N–H and O–H groups in total. The lowest BCUT2D eigenvalue weighted by molar-refractivity contribution is -0.123. The molecule has 162 valence electrons. The zero-order valence-corrected chi connectivity index (χ0v) is 18.2.